The number of aromatic nitrogens is 1. The Hall–Kier alpha value is -1.05. The van der Waals surface area contributed by atoms with Crippen LogP contribution in [-0.2, 0) is 0 Å². The maximum Gasteiger partial charge on any atom is 0.248 e. The fraction of sp³-hybridized carbons (Fsp3) is 0.167. The van der Waals surface area contributed by atoms with E-state index < -0.39 is 36.2 Å². The largest absolute Gasteiger partial charge is 0.327 e. The van der Waals surface area contributed by atoms with Crippen LogP contribution < -0.4 is 5.56 Å². The van der Waals surface area contributed by atoms with E-state index in [0.717, 1.165) is 0 Å². The van der Waals surface area contributed by atoms with Crippen LogP contribution in [0.15, 0.2) is 22.9 Å². The molecule has 1 aromatic rings. The average molecular weight is 115 g/mol. The fourth-order valence-corrected chi connectivity index (χ4v) is 0.327. The lowest BCUT2D eigenvalue weighted by Crippen LogP contribution is -2.02. The monoisotopic (exact) mass is 115 g/mol. The Morgan fingerprint density at radius 1 is 1.88 bits per heavy atom. The Morgan fingerprint density at radius 3 is 3.50 bits per heavy atom. The normalized spacial score (nSPS) is 21.5. The molecule has 0 unspecified atom stereocenters. The van der Waals surface area contributed by atoms with Crippen LogP contribution in [0.2, 0.25) is 0 Å². The van der Waals surface area contributed by atoms with Crippen LogP contribution in [0.5, 0.6) is 0 Å². The third kappa shape index (κ3) is 0.964. The zero-order chi connectivity index (χ0) is 11.1. The molecule has 0 aliphatic rings. The van der Waals surface area contributed by atoms with Gasteiger partial charge in [0.1, 0.15) is 0 Å². The van der Waals surface area contributed by atoms with E-state index in [4.69, 9.17) is 8.22 Å². The summed E-state index contributed by atoms with van der Waals surface area (Å²) in [7, 11) is 0. The molecule has 0 atom stereocenters. The van der Waals surface area contributed by atoms with Gasteiger partial charge in [0.2, 0.25) is 5.56 Å². The number of aromatic amines is 1. The van der Waals surface area contributed by atoms with Gasteiger partial charge in [-0.3, -0.25) is 4.79 Å². The van der Waals surface area contributed by atoms with Crippen molar-refractivity contribution >= 4 is 0 Å². The second kappa shape index (κ2) is 1.82. The second-order valence-electron chi connectivity index (χ2n) is 1.20. The number of aryl methyl sites for hydroxylation is 1. The Balaban J connectivity index is 3.57. The first-order chi connectivity index (χ1) is 6.25. The summed E-state index contributed by atoms with van der Waals surface area (Å²) < 4.78 is 42.4. The van der Waals surface area contributed by atoms with Crippen LogP contribution in [-0.4, -0.2) is 4.98 Å². The van der Waals surface area contributed by atoms with Crippen LogP contribution >= 0.6 is 0 Å². The molecule has 0 spiro atoms. The van der Waals surface area contributed by atoms with Gasteiger partial charge in [0.15, 0.2) is 0 Å². The molecule has 42 valence electrons. The van der Waals surface area contributed by atoms with E-state index in [1.807, 2.05) is 4.98 Å². The molecule has 0 bridgehead atoms. The zero-order valence-corrected chi connectivity index (χ0v) is 3.91. The van der Waals surface area contributed by atoms with Crippen LogP contribution in [0.3, 0.4) is 0 Å². The van der Waals surface area contributed by atoms with Gasteiger partial charge in [-0.15, -0.1) is 0 Å². The van der Waals surface area contributed by atoms with E-state index >= 15 is 0 Å². The minimum absolute atomic E-state index is 0.594. The van der Waals surface area contributed by atoms with Crippen LogP contribution in [0.25, 0.3) is 0 Å². The maximum atomic E-state index is 11.0. The van der Waals surface area contributed by atoms with Gasteiger partial charge < -0.3 is 4.98 Å². The molecule has 1 heterocycles. The van der Waals surface area contributed by atoms with E-state index in [0.29, 0.717) is 0 Å². The number of nitrogens with one attached hydrogen (secondary N) is 1. The number of hydrogen-bond donors (Lipinski definition) is 1. The predicted octanol–water partition coefficient (Wildman–Crippen LogP) is 0.683. The smallest absolute Gasteiger partial charge is 0.248 e. The van der Waals surface area contributed by atoms with E-state index in [2.05, 4.69) is 0 Å². The van der Waals surface area contributed by atoms with Gasteiger partial charge >= 0.3 is 0 Å². The molecule has 2 nitrogen and oxygen atoms in total. The van der Waals surface area contributed by atoms with Gasteiger partial charge in [-0.25, -0.2) is 0 Å². The van der Waals surface area contributed by atoms with E-state index in [1.165, 1.54) is 0 Å². The third-order valence-electron chi connectivity index (χ3n) is 0.602. The minimum Gasteiger partial charge on any atom is -0.327 e. The van der Waals surface area contributed by atoms with Crippen LogP contribution in [0, 0.1) is 6.85 Å². The Bertz CT molecular complexity index is 420. The molecular formula is C6H7NO. The van der Waals surface area contributed by atoms with E-state index in [9.17, 15) is 4.79 Å². The summed E-state index contributed by atoms with van der Waals surface area (Å²) in [6.45, 7) is -2.64. The van der Waals surface area contributed by atoms with Crippen molar-refractivity contribution in [2.24, 2.45) is 0 Å². The number of H-pyrrole nitrogens is 1. The minimum atomic E-state index is -2.64. The highest BCUT2D eigenvalue weighted by atomic mass is 16.1. The summed E-state index contributed by atoms with van der Waals surface area (Å²) in [5, 5.41) is 0. The summed E-state index contributed by atoms with van der Waals surface area (Å²) in [4.78, 5) is 12.9. The molecule has 0 aliphatic carbocycles. The van der Waals surface area contributed by atoms with Crippen molar-refractivity contribution in [2.75, 3.05) is 0 Å². The lowest BCUT2D eigenvalue weighted by Gasteiger charge is -1.84. The van der Waals surface area contributed by atoms with Crippen molar-refractivity contribution in [2.45, 2.75) is 6.85 Å². The van der Waals surface area contributed by atoms with Crippen molar-refractivity contribution < 1.29 is 8.22 Å². The van der Waals surface area contributed by atoms with Crippen molar-refractivity contribution in [1.82, 2.24) is 4.98 Å². The molecule has 0 fully saturated rings. The first-order valence-electron chi connectivity index (χ1n) is 4.95. The summed E-state index contributed by atoms with van der Waals surface area (Å²) in [6.07, 6.45) is 0. The van der Waals surface area contributed by atoms with E-state index in [-0.39, 0.29) is 0 Å². The van der Waals surface area contributed by atoms with Gasteiger partial charge in [0.05, 0.1) is 4.11 Å². The second-order valence-corrected chi connectivity index (χ2v) is 1.20. The first kappa shape index (κ1) is 1.47. The summed E-state index contributed by atoms with van der Waals surface area (Å²) in [5.74, 6) is 0. The molecule has 0 saturated carbocycles. The quantitative estimate of drug-likeness (QED) is 0.530. The average Bonchev–Trinajstić information content (AvgIpc) is 2.06. The molecular weight excluding hydrogens is 102 g/mol. The van der Waals surface area contributed by atoms with Crippen LogP contribution in [0.1, 0.15) is 13.9 Å². The lowest BCUT2D eigenvalue weighted by molar-refractivity contribution is 1.14. The molecule has 0 aliphatic heterocycles. The standard InChI is InChI=1S/C6H7NO/c1-5-3-2-4-6(8)7-5/h2-4H,1H3,(H,7,8)/i1D3,2D,3D,4D. The third-order valence-corrected chi connectivity index (χ3v) is 0.602. The molecule has 0 aromatic carbocycles. The van der Waals surface area contributed by atoms with Crippen LogP contribution in [0.4, 0.5) is 0 Å². The molecule has 1 N–H and O–H groups in total. The predicted molar refractivity (Wildman–Crippen MR) is 31.8 cm³/mol. The topological polar surface area (TPSA) is 32.9 Å². The Kier molecular flexibility index (Phi) is 0.334. The summed E-state index contributed by atoms with van der Waals surface area (Å²) in [6, 6.07) is -1.99. The van der Waals surface area contributed by atoms with Crippen molar-refractivity contribution in [3.05, 3.63) is 34.2 Å². The van der Waals surface area contributed by atoms with Gasteiger partial charge in [-0.05, 0) is 12.9 Å². The van der Waals surface area contributed by atoms with Gasteiger partial charge in [-0.2, -0.15) is 0 Å². The fourth-order valence-electron chi connectivity index (χ4n) is 0.327. The number of hydrogen-bond acceptors (Lipinski definition) is 1. The van der Waals surface area contributed by atoms with Gasteiger partial charge in [0, 0.05) is 15.8 Å². The SMILES string of the molecule is [2H]c1c(C([2H])([2H])[2H])[nH]c(=O)c([2H])c1[2H]. The number of rotatable bonds is 0. The first-order valence-corrected chi connectivity index (χ1v) is 1.95. The summed E-state index contributed by atoms with van der Waals surface area (Å²) in [5.41, 5.74) is -1.55. The molecule has 8 heavy (non-hydrogen) atoms. The van der Waals surface area contributed by atoms with Crippen molar-refractivity contribution in [1.29, 1.82) is 0 Å². The Morgan fingerprint density at radius 2 is 2.75 bits per heavy atom. The summed E-state index contributed by atoms with van der Waals surface area (Å²) >= 11 is 0. The molecule has 2 heteroatoms. The Labute approximate surface area is 55.6 Å². The molecule has 0 amide bonds. The highest BCUT2D eigenvalue weighted by Gasteiger charge is 1.79. The zero-order valence-electron chi connectivity index (χ0n) is 9.91. The van der Waals surface area contributed by atoms with Gasteiger partial charge in [-0.1, -0.05) is 6.04 Å². The lowest BCUT2D eigenvalue weighted by atomic mass is 10.4. The molecule has 1 rings (SSSR count). The molecule has 1 aromatic heterocycles. The van der Waals surface area contributed by atoms with Gasteiger partial charge in [0.25, 0.3) is 0 Å². The van der Waals surface area contributed by atoms with Crippen molar-refractivity contribution in [3.8, 4) is 0 Å². The molecule has 0 saturated heterocycles. The number of pyridine rings is 1. The van der Waals surface area contributed by atoms with Crippen molar-refractivity contribution in [3.63, 3.8) is 0 Å². The molecule has 0 radical (unpaired) electrons. The highest BCUT2D eigenvalue weighted by Crippen LogP contribution is 1.81. The maximum absolute atomic E-state index is 11.0. The van der Waals surface area contributed by atoms with E-state index in [1.54, 1.807) is 0 Å². The highest BCUT2D eigenvalue weighted by molar-refractivity contribution is 5.00.